The molecule has 8 heteroatoms. The number of carbonyl (C=O) groups excluding carboxylic acids is 2. The molecule has 0 radical (unpaired) electrons. The lowest BCUT2D eigenvalue weighted by atomic mass is 10.1. The van der Waals surface area contributed by atoms with E-state index in [-0.39, 0.29) is 17.7 Å². The molecule has 1 aliphatic heterocycles. The second-order valence-corrected chi connectivity index (χ2v) is 4.73. The van der Waals surface area contributed by atoms with Crippen LogP contribution in [0, 0.1) is 0 Å². The Kier molecular flexibility index (Phi) is 3.83. The predicted molar refractivity (Wildman–Crippen MR) is 69.2 cm³/mol. The summed E-state index contributed by atoms with van der Waals surface area (Å²) in [5, 5.41) is 2.55. The Morgan fingerprint density at radius 2 is 1.80 bits per heavy atom. The zero-order valence-corrected chi connectivity index (χ0v) is 11.2. The Bertz CT molecular complexity index is 538. The van der Waals surface area contributed by atoms with Crippen molar-refractivity contribution in [3.05, 3.63) is 37.4 Å². The van der Waals surface area contributed by atoms with Gasteiger partial charge in [-0.25, -0.2) is 19.6 Å². The lowest BCUT2D eigenvalue weighted by molar-refractivity contribution is 0.0869. The summed E-state index contributed by atoms with van der Waals surface area (Å²) in [5.41, 5.74) is -0.295. The van der Waals surface area contributed by atoms with Gasteiger partial charge >= 0.3 is 12.1 Å². The number of cyclic esters (lactones) is 1. The molecule has 20 heavy (non-hydrogen) atoms. The van der Waals surface area contributed by atoms with Crippen molar-refractivity contribution in [2.75, 3.05) is 6.54 Å². The molecule has 1 saturated heterocycles. The number of rotatable bonds is 0. The van der Waals surface area contributed by atoms with E-state index in [1.165, 1.54) is 21.8 Å². The van der Waals surface area contributed by atoms with E-state index in [1.807, 2.05) is 13.8 Å². The minimum Gasteiger partial charge on any atom is -0.442 e. The third-order valence-corrected chi connectivity index (χ3v) is 2.48. The lowest BCUT2D eigenvalue weighted by Crippen LogP contribution is -2.23. The number of aromatic nitrogens is 4. The Morgan fingerprint density at radius 3 is 2.05 bits per heavy atom. The molecule has 3 rings (SSSR count). The number of alkyl carbamates (subject to hydrolysis) is 1. The van der Waals surface area contributed by atoms with Crippen LogP contribution in [-0.4, -0.2) is 43.4 Å². The summed E-state index contributed by atoms with van der Waals surface area (Å²) in [4.78, 5) is 29.3. The fourth-order valence-electron chi connectivity index (χ4n) is 1.49. The maximum absolute atomic E-state index is 11.4. The van der Waals surface area contributed by atoms with Crippen LogP contribution in [0.25, 0.3) is 0 Å². The largest absolute Gasteiger partial charge is 0.442 e. The quantitative estimate of drug-likeness (QED) is 0.778. The molecule has 1 fully saturated rings. The first-order chi connectivity index (χ1) is 9.48. The first-order valence-corrected chi connectivity index (χ1v) is 5.95. The van der Waals surface area contributed by atoms with Crippen LogP contribution in [-0.2, 0) is 4.74 Å². The van der Waals surface area contributed by atoms with Crippen LogP contribution in [0.3, 0.4) is 0 Å². The van der Waals surface area contributed by atoms with Crippen molar-refractivity contribution in [1.82, 2.24) is 24.4 Å². The minimum absolute atomic E-state index is 0.190. The number of nitrogens with one attached hydrogen (secondary N) is 1. The van der Waals surface area contributed by atoms with E-state index in [2.05, 4.69) is 15.3 Å². The van der Waals surface area contributed by atoms with Crippen LogP contribution in [0.15, 0.2) is 37.4 Å². The Morgan fingerprint density at radius 1 is 1.25 bits per heavy atom. The van der Waals surface area contributed by atoms with E-state index in [0.717, 1.165) is 0 Å². The second-order valence-electron chi connectivity index (χ2n) is 4.73. The van der Waals surface area contributed by atoms with Crippen molar-refractivity contribution in [2.24, 2.45) is 0 Å². The standard InChI is InChI=1S/C7H6N4O.C5H9NO2/c12-7(10-3-1-8-5-10)11-4-2-9-6-11;1-5(2)3-6-4(7)8-5/h1-6H;3H2,1-2H3,(H,6,7). The van der Waals surface area contributed by atoms with Crippen molar-refractivity contribution >= 4 is 12.1 Å². The van der Waals surface area contributed by atoms with Gasteiger partial charge in [0, 0.05) is 24.8 Å². The van der Waals surface area contributed by atoms with Crippen molar-refractivity contribution in [3.63, 3.8) is 0 Å². The second kappa shape index (κ2) is 5.55. The third-order valence-electron chi connectivity index (χ3n) is 2.48. The normalized spacial score (nSPS) is 15.8. The highest BCUT2D eigenvalue weighted by molar-refractivity contribution is 5.78. The molecule has 0 unspecified atom stereocenters. The number of hydrogen-bond donors (Lipinski definition) is 1. The summed E-state index contributed by atoms with van der Waals surface area (Å²) in [6, 6.07) is -0.190. The summed E-state index contributed by atoms with van der Waals surface area (Å²) in [7, 11) is 0. The topological polar surface area (TPSA) is 91.0 Å². The first-order valence-electron chi connectivity index (χ1n) is 5.95. The van der Waals surface area contributed by atoms with Crippen LogP contribution >= 0.6 is 0 Å². The lowest BCUT2D eigenvalue weighted by Gasteiger charge is -2.11. The monoisotopic (exact) mass is 277 g/mol. The molecular weight excluding hydrogens is 262 g/mol. The number of imidazole rings is 2. The fourth-order valence-corrected chi connectivity index (χ4v) is 1.49. The smallest absolute Gasteiger partial charge is 0.407 e. The van der Waals surface area contributed by atoms with Crippen molar-refractivity contribution in [3.8, 4) is 0 Å². The van der Waals surface area contributed by atoms with Gasteiger partial charge in [0.2, 0.25) is 0 Å². The highest BCUT2D eigenvalue weighted by Crippen LogP contribution is 2.12. The van der Waals surface area contributed by atoms with Crippen LogP contribution in [0.4, 0.5) is 9.59 Å². The van der Waals surface area contributed by atoms with Gasteiger partial charge in [-0.1, -0.05) is 0 Å². The summed E-state index contributed by atoms with van der Waals surface area (Å²) >= 11 is 0. The van der Waals surface area contributed by atoms with Crippen molar-refractivity contribution < 1.29 is 14.3 Å². The zero-order valence-electron chi connectivity index (χ0n) is 11.2. The molecule has 0 atom stereocenters. The molecule has 8 nitrogen and oxygen atoms in total. The molecule has 3 heterocycles. The Hall–Kier alpha value is -2.64. The van der Waals surface area contributed by atoms with E-state index >= 15 is 0 Å². The molecule has 1 N–H and O–H groups in total. The van der Waals surface area contributed by atoms with Crippen LogP contribution in [0.2, 0.25) is 0 Å². The van der Waals surface area contributed by atoms with Crippen LogP contribution in [0.5, 0.6) is 0 Å². The molecule has 0 bridgehead atoms. The number of nitrogens with zero attached hydrogens (tertiary/aromatic N) is 4. The van der Waals surface area contributed by atoms with Crippen LogP contribution < -0.4 is 5.32 Å². The molecule has 0 spiro atoms. The predicted octanol–water partition coefficient (Wildman–Crippen LogP) is 1.10. The Balaban J connectivity index is 0.000000160. The number of ether oxygens (including phenoxy) is 1. The average Bonchev–Trinajstić information content (AvgIpc) is 3.11. The van der Waals surface area contributed by atoms with Gasteiger partial charge in [-0.3, -0.25) is 9.13 Å². The fraction of sp³-hybridized carbons (Fsp3) is 0.333. The number of hydrogen-bond acceptors (Lipinski definition) is 5. The molecule has 1 amide bonds. The van der Waals surface area contributed by atoms with Gasteiger partial charge in [-0.2, -0.15) is 0 Å². The minimum atomic E-state index is -0.310. The molecule has 2 aromatic rings. The van der Waals surface area contributed by atoms with Gasteiger partial charge in [0.05, 0.1) is 6.54 Å². The number of carbonyl (C=O) groups is 2. The van der Waals surface area contributed by atoms with E-state index in [1.54, 1.807) is 24.8 Å². The van der Waals surface area contributed by atoms with Gasteiger partial charge in [-0.05, 0) is 13.8 Å². The number of amides is 1. The van der Waals surface area contributed by atoms with E-state index in [0.29, 0.717) is 6.54 Å². The maximum Gasteiger partial charge on any atom is 0.407 e. The first kappa shape index (κ1) is 13.8. The third kappa shape index (κ3) is 3.44. The van der Waals surface area contributed by atoms with Crippen molar-refractivity contribution in [1.29, 1.82) is 0 Å². The van der Waals surface area contributed by atoms with Gasteiger partial charge in [0.15, 0.2) is 0 Å². The summed E-state index contributed by atoms with van der Waals surface area (Å²) in [6.45, 7) is 4.35. The summed E-state index contributed by atoms with van der Waals surface area (Å²) < 4.78 is 7.55. The average molecular weight is 277 g/mol. The molecule has 106 valence electrons. The molecule has 0 aromatic carbocycles. The zero-order chi connectivity index (χ0) is 14.6. The van der Waals surface area contributed by atoms with Gasteiger partial charge in [0.25, 0.3) is 0 Å². The molecule has 0 aliphatic carbocycles. The SMILES string of the molecule is CC1(C)CNC(=O)O1.O=C(n1ccnc1)n1ccnc1. The summed E-state index contributed by atoms with van der Waals surface area (Å²) in [6.07, 6.45) is 8.86. The molecule has 1 aliphatic rings. The molecule has 2 aromatic heterocycles. The summed E-state index contributed by atoms with van der Waals surface area (Å²) in [5.74, 6) is 0. The van der Waals surface area contributed by atoms with Crippen molar-refractivity contribution in [2.45, 2.75) is 19.4 Å². The van der Waals surface area contributed by atoms with Gasteiger partial charge in [0.1, 0.15) is 18.3 Å². The highest BCUT2D eigenvalue weighted by Gasteiger charge is 2.29. The van der Waals surface area contributed by atoms with Gasteiger partial charge < -0.3 is 10.1 Å². The van der Waals surface area contributed by atoms with E-state index in [4.69, 9.17) is 4.74 Å². The van der Waals surface area contributed by atoms with E-state index in [9.17, 15) is 9.59 Å². The van der Waals surface area contributed by atoms with E-state index < -0.39 is 0 Å². The molecule has 0 saturated carbocycles. The maximum atomic E-state index is 11.4. The van der Waals surface area contributed by atoms with Crippen LogP contribution in [0.1, 0.15) is 13.8 Å². The highest BCUT2D eigenvalue weighted by atomic mass is 16.6. The molecular formula is C12H15N5O3. The van der Waals surface area contributed by atoms with Gasteiger partial charge in [-0.15, -0.1) is 0 Å². The Labute approximate surface area is 115 Å².